The monoisotopic (exact) mass is 142 g/mol. The molecule has 1 aliphatic rings. The van der Waals surface area contributed by atoms with Gasteiger partial charge >= 0.3 is 0 Å². The van der Waals surface area contributed by atoms with Gasteiger partial charge in [-0.2, -0.15) is 0 Å². The van der Waals surface area contributed by atoms with Crippen LogP contribution in [0.25, 0.3) is 0 Å². The molecule has 10 heavy (non-hydrogen) atoms. The Labute approximate surface area is 61.2 Å². The summed E-state index contributed by atoms with van der Waals surface area (Å²) in [5.41, 5.74) is 0. The Bertz CT molecular complexity index is 106. The fraction of sp³-hybridized carbons (Fsp3) is 0.750. The summed E-state index contributed by atoms with van der Waals surface area (Å²) in [6.07, 6.45) is 6.40. The van der Waals surface area contributed by atoms with E-state index in [1.165, 1.54) is 0 Å². The fourth-order valence-electron chi connectivity index (χ4n) is 1.16. The van der Waals surface area contributed by atoms with E-state index >= 15 is 0 Å². The molecule has 0 aliphatic heterocycles. The second-order valence-corrected chi connectivity index (χ2v) is 2.80. The Morgan fingerprint density at radius 2 is 1.30 bits per heavy atom. The predicted octanol–water partition coefficient (Wildman–Crippen LogP) is 0.838. The number of hydrogen-bond donors (Lipinski definition) is 2. The normalized spacial score (nSPS) is 38.2. The second kappa shape index (κ2) is 3.74. The summed E-state index contributed by atoms with van der Waals surface area (Å²) in [6.45, 7) is 0. The highest BCUT2D eigenvalue weighted by Gasteiger charge is 2.06. The molecule has 0 aromatic rings. The molecule has 0 bridgehead atoms. The largest absolute Gasteiger partial charge is 0.389 e. The third kappa shape index (κ3) is 2.50. The lowest BCUT2D eigenvalue weighted by Gasteiger charge is -2.11. The Hall–Kier alpha value is -0.340. The molecular formula is C8H14O2. The van der Waals surface area contributed by atoms with E-state index in [-0.39, 0.29) is 12.2 Å². The molecule has 0 fully saturated rings. The van der Waals surface area contributed by atoms with E-state index in [9.17, 15) is 0 Å². The number of rotatable bonds is 0. The molecule has 0 aromatic heterocycles. The van der Waals surface area contributed by atoms with Crippen molar-refractivity contribution in [3.8, 4) is 0 Å². The third-order valence-electron chi connectivity index (χ3n) is 1.81. The minimum Gasteiger partial charge on any atom is -0.389 e. The molecule has 0 saturated carbocycles. The summed E-state index contributed by atoms with van der Waals surface area (Å²) >= 11 is 0. The lowest BCUT2D eigenvalue weighted by atomic mass is 10.0. The first-order chi connectivity index (χ1) is 4.79. The van der Waals surface area contributed by atoms with Crippen LogP contribution in [0.1, 0.15) is 25.7 Å². The van der Waals surface area contributed by atoms with Gasteiger partial charge in [-0.25, -0.2) is 0 Å². The first-order valence-corrected chi connectivity index (χ1v) is 3.83. The molecule has 0 spiro atoms. The summed E-state index contributed by atoms with van der Waals surface area (Å²) < 4.78 is 0. The van der Waals surface area contributed by atoms with Crippen molar-refractivity contribution in [3.05, 3.63) is 12.2 Å². The Balaban J connectivity index is 2.42. The van der Waals surface area contributed by atoms with Crippen LogP contribution < -0.4 is 0 Å². The van der Waals surface area contributed by atoms with Crippen LogP contribution in [0.3, 0.4) is 0 Å². The minimum absolute atomic E-state index is 0.338. The van der Waals surface area contributed by atoms with Crippen LogP contribution in [0.2, 0.25) is 0 Å². The summed E-state index contributed by atoms with van der Waals surface area (Å²) in [6, 6.07) is 0. The predicted molar refractivity (Wildman–Crippen MR) is 39.6 cm³/mol. The quantitative estimate of drug-likeness (QED) is 0.492. The molecule has 58 valence electrons. The molecule has 0 unspecified atom stereocenters. The van der Waals surface area contributed by atoms with Crippen LogP contribution in [0.5, 0.6) is 0 Å². The lowest BCUT2D eigenvalue weighted by molar-refractivity contribution is 0.175. The molecule has 0 aromatic carbocycles. The standard InChI is InChI=1S/C8H14O2/c9-7-3-1-2-4-8(10)6-5-7/h5-10H,1-4H2/b6-5+/t7-,8-/m0/s1. The van der Waals surface area contributed by atoms with Crippen molar-refractivity contribution in [2.45, 2.75) is 37.9 Å². The summed E-state index contributed by atoms with van der Waals surface area (Å²) in [7, 11) is 0. The van der Waals surface area contributed by atoms with Crippen LogP contribution in [0, 0.1) is 0 Å². The van der Waals surface area contributed by atoms with E-state index in [1.807, 2.05) is 0 Å². The highest BCUT2D eigenvalue weighted by Crippen LogP contribution is 2.11. The Kier molecular flexibility index (Phi) is 2.90. The topological polar surface area (TPSA) is 40.5 Å². The second-order valence-electron chi connectivity index (χ2n) is 2.80. The van der Waals surface area contributed by atoms with Gasteiger partial charge in [-0.3, -0.25) is 0 Å². The first-order valence-electron chi connectivity index (χ1n) is 3.83. The molecule has 1 aliphatic carbocycles. The maximum Gasteiger partial charge on any atom is 0.0721 e. The van der Waals surface area contributed by atoms with Gasteiger partial charge in [0.2, 0.25) is 0 Å². The molecular weight excluding hydrogens is 128 g/mol. The zero-order chi connectivity index (χ0) is 7.40. The molecule has 0 amide bonds. The molecule has 2 nitrogen and oxygen atoms in total. The van der Waals surface area contributed by atoms with Gasteiger partial charge in [0.1, 0.15) is 0 Å². The van der Waals surface area contributed by atoms with E-state index in [0.717, 1.165) is 25.7 Å². The van der Waals surface area contributed by atoms with Gasteiger partial charge in [-0.05, 0) is 12.8 Å². The SMILES string of the molecule is O[C@@H]1/C=C/[C@@H](O)CCCC1. The van der Waals surface area contributed by atoms with Gasteiger partial charge in [0.25, 0.3) is 0 Å². The minimum atomic E-state index is -0.338. The summed E-state index contributed by atoms with van der Waals surface area (Å²) in [4.78, 5) is 0. The maximum absolute atomic E-state index is 9.13. The van der Waals surface area contributed by atoms with Gasteiger partial charge < -0.3 is 10.2 Å². The van der Waals surface area contributed by atoms with Crippen molar-refractivity contribution in [3.63, 3.8) is 0 Å². The van der Waals surface area contributed by atoms with Crippen molar-refractivity contribution in [2.24, 2.45) is 0 Å². The zero-order valence-electron chi connectivity index (χ0n) is 6.03. The Morgan fingerprint density at radius 1 is 0.900 bits per heavy atom. The maximum atomic E-state index is 9.13. The highest BCUT2D eigenvalue weighted by molar-refractivity contribution is 4.94. The van der Waals surface area contributed by atoms with Crippen molar-refractivity contribution < 1.29 is 10.2 Å². The van der Waals surface area contributed by atoms with E-state index in [1.54, 1.807) is 12.2 Å². The van der Waals surface area contributed by atoms with Crippen molar-refractivity contribution >= 4 is 0 Å². The van der Waals surface area contributed by atoms with Crippen LogP contribution in [0.4, 0.5) is 0 Å². The highest BCUT2D eigenvalue weighted by atomic mass is 16.3. The van der Waals surface area contributed by atoms with Gasteiger partial charge in [-0.15, -0.1) is 0 Å². The average Bonchev–Trinajstić information content (AvgIpc) is 1.90. The smallest absolute Gasteiger partial charge is 0.0721 e. The van der Waals surface area contributed by atoms with Crippen molar-refractivity contribution in [1.82, 2.24) is 0 Å². The van der Waals surface area contributed by atoms with Gasteiger partial charge in [0, 0.05) is 0 Å². The fourth-order valence-corrected chi connectivity index (χ4v) is 1.16. The number of aliphatic hydroxyl groups is 2. The van der Waals surface area contributed by atoms with Crippen LogP contribution in [0.15, 0.2) is 12.2 Å². The van der Waals surface area contributed by atoms with Crippen LogP contribution in [-0.2, 0) is 0 Å². The van der Waals surface area contributed by atoms with Crippen molar-refractivity contribution in [1.29, 1.82) is 0 Å². The molecule has 0 saturated heterocycles. The van der Waals surface area contributed by atoms with Gasteiger partial charge in [-0.1, -0.05) is 25.0 Å². The number of hydrogen-bond acceptors (Lipinski definition) is 2. The molecule has 0 heterocycles. The van der Waals surface area contributed by atoms with E-state index in [2.05, 4.69) is 0 Å². The Morgan fingerprint density at radius 3 is 1.70 bits per heavy atom. The van der Waals surface area contributed by atoms with Gasteiger partial charge in [0.05, 0.1) is 12.2 Å². The molecule has 2 N–H and O–H groups in total. The summed E-state index contributed by atoms with van der Waals surface area (Å²) in [5.74, 6) is 0. The number of aliphatic hydroxyl groups excluding tert-OH is 2. The van der Waals surface area contributed by atoms with Crippen LogP contribution in [-0.4, -0.2) is 22.4 Å². The van der Waals surface area contributed by atoms with E-state index in [4.69, 9.17) is 10.2 Å². The molecule has 2 atom stereocenters. The molecule has 0 radical (unpaired) electrons. The third-order valence-corrected chi connectivity index (χ3v) is 1.81. The average molecular weight is 142 g/mol. The van der Waals surface area contributed by atoms with E-state index < -0.39 is 0 Å². The zero-order valence-corrected chi connectivity index (χ0v) is 6.03. The molecule has 1 rings (SSSR count). The summed E-state index contributed by atoms with van der Waals surface area (Å²) in [5, 5.41) is 18.3. The first kappa shape index (κ1) is 7.76. The van der Waals surface area contributed by atoms with Gasteiger partial charge in [0.15, 0.2) is 0 Å². The molecule has 2 heteroatoms. The van der Waals surface area contributed by atoms with Crippen molar-refractivity contribution in [2.75, 3.05) is 0 Å². The van der Waals surface area contributed by atoms with Crippen LogP contribution >= 0.6 is 0 Å². The lowest BCUT2D eigenvalue weighted by Crippen LogP contribution is -2.10. The van der Waals surface area contributed by atoms with E-state index in [0.29, 0.717) is 0 Å².